The fraction of sp³-hybridized carbons (Fsp3) is 0.480. The van der Waals surface area contributed by atoms with Gasteiger partial charge in [0.25, 0.3) is 0 Å². The molecule has 2 aliphatic rings. The van der Waals surface area contributed by atoms with E-state index in [0.717, 1.165) is 30.7 Å². The molecule has 4 heteroatoms. The Labute approximate surface area is 173 Å². The number of fused-ring (bicyclic) bond motifs is 3. The van der Waals surface area contributed by atoms with Crippen LogP contribution in [0.1, 0.15) is 56.4 Å². The number of aliphatic hydroxyl groups excluding tert-OH is 1. The molecule has 0 aliphatic heterocycles. The summed E-state index contributed by atoms with van der Waals surface area (Å²) < 4.78 is 5.98. The molecule has 0 unspecified atom stereocenters. The van der Waals surface area contributed by atoms with Crippen LogP contribution >= 0.6 is 0 Å². The summed E-state index contributed by atoms with van der Waals surface area (Å²) in [7, 11) is 0. The van der Waals surface area contributed by atoms with Crippen LogP contribution in [0.25, 0.3) is 0 Å². The molecule has 0 radical (unpaired) electrons. The lowest BCUT2D eigenvalue weighted by Gasteiger charge is -2.53. The minimum atomic E-state index is -1.29. The molecule has 4 atom stereocenters. The second kappa shape index (κ2) is 7.82. The third-order valence-corrected chi connectivity index (χ3v) is 6.91. The van der Waals surface area contributed by atoms with E-state index in [1.165, 1.54) is 11.1 Å². The first-order valence-electron chi connectivity index (χ1n) is 10.5. The lowest BCUT2D eigenvalue weighted by molar-refractivity contribution is -0.106. The van der Waals surface area contributed by atoms with Crippen molar-refractivity contribution in [3.63, 3.8) is 0 Å². The molecule has 0 bridgehead atoms. The van der Waals surface area contributed by atoms with Gasteiger partial charge in [-0.3, -0.25) is 4.98 Å². The SMILES string of the molecule is CC#C[C@]1(O)C[C@H]2CCc3cc(OCc4ccccn4)ccc3[C@]2(CC)C[C@@H]1O. The first kappa shape index (κ1) is 19.9. The average molecular weight is 392 g/mol. The van der Waals surface area contributed by atoms with Gasteiger partial charge in [-0.15, -0.1) is 5.92 Å². The van der Waals surface area contributed by atoms with Crippen molar-refractivity contribution in [2.75, 3.05) is 0 Å². The highest BCUT2D eigenvalue weighted by atomic mass is 16.5. The maximum atomic E-state index is 10.9. The highest BCUT2D eigenvalue weighted by Gasteiger charge is 2.54. The molecule has 4 nitrogen and oxygen atoms in total. The molecule has 4 rings (SSSR count). The Morgan fingerprint density at radius 2 is 2.10 bits per heavy atom. The first-order chi connectivity index (χ1) is 14.0. The summed E-state index contributed by atoms with van der Waals surface area (Å²) in [5, 5.41) is 21.7. The molecular formula is C25H29NO3. The van der Waals surface area contributed by atoms with Crippen LogP contribution < -0.4 is 4.74 Å². The third kappa shape index (κ3) is 3.54. The number of hydrogen-bond donors (Lipinski definition) is 2. The van der Waals surface area contributed by atoms with Gasteiger partial charge in [-0.1, -0.05) is 25.0 Å². The summed E-state index contributed by atoms with van der Waals surface area (Å²) in [5.41, 5.74) is 2.09. The van der Waals surface area contributed by atoms with Crippen molar-refractivity contribution in [2.24, 2.45) is 5.92 Å². The number of ether oxygens (including phenoxy) is 1. The Morgan fingerprint density at radius 3 is 2.83 bits per heavy atom. The van der Waals surface area contributed by atoms with E-state index in [4.69, 9.17) is 4.74 Å². The quantitative estimate of drug-likeness (QED) is 0.779. The molecule has 0 spiro atoms. The maximum absolute atomic E-state index is 10.9. The average Bonchev–Trinajstić information content (AvgIpc) is 2.74. The molecule has 1 aromatic carbocycles. The van der Waals surface area contributed by atoms with Crippen molar-refractivity contribution in [3.8, 4) is 17.6 Å². The summed E-state index contributed by atoms with van der Waals surface area (Å²) in [6, 6.07) is 12.2. The monoisotopic (exact) mass is 391 g/mol. The standard InChI is InChI=1S/C25H29NO3/c1-3-12-25(28)15-19-9-8-18-14-21(29-17-20-7-5-6-13-26-20)10-11-22(18)24(19,4-2)16-23(25)27/h5-7,10-11,13-14,19,23,27-28H,4,8-9,15-17H2,1-2H3/t19-,23+,24-,25+/m1/s1. The molecule has 152 valence electrons. The van der Waals surface area contributed by atoms with Gasteiger partial charge in [0.2, 0.25) is 0 Å². The highest BCUT2D eigenvalue weighted by Crippen LogP contribution is 2.54. The fourth-order valence-corrected chi connectivity index (χ4v) is 5.39. The normalized spacial score (nSPS) is 30.5. The Morgan fingerprint density at radius 1 is 1.24 bits per heavy atom. The topological polar surface area (TPSA) is 62.6 Å². The summed E-state index contributed by atoms with van der Waals surface area (Å²) >= 11 is 0. The second-order valence-corrected chi connectivity index (χ2v) is 8.40. The van der Waals surface area contributed by atoms with Gasteiger partial charge >= 0.3 is 0 Å². The smallest absolute Gasteiger partial charge is 0.151 e. The molecule has 2 aromatic rings. The van der Waals surface area contributed by atoms with Crippen molar-refractivity contribution < 1.29 is 14.9 Å². The summed E-state index contributed by atoms with van der Waals surface area (Å²) in [6.07, 6.45) is 4.89. The van der Waals surface area contributed by atoms with Crippen LogP contribution in [0.15, 0.2) is 42.6 Å². The number of hydrogen-bond acceptors (Lipinski definition) is 4. The zero-order valence-electron chi connectivity index (χ0n) is 17.2. The Hall–Kier alpha value is -2.35. The summed E-state index contributed by atoms with van der Waals surface area (Å²) in [5.74, 6) is 6.85. The molecule has 29 heavy (non-hydrogen) atoms. The lowest BCUT2D eigenvalue weighted by Crippen LogP contribution is -2.57. The van der Waals surface area contributed by atoms with Crippen LogP contribution in [0.2, 0.25) is 0 Å². The number of aliphatic hydroxyl groups is 2. The number of aromatic nitrogens is 1. The molecule has 2 aliphatic carbocycles. The number of nitrogens with zero attached hydrogens (tertiary/aromatic N) is 1. The van der Waals surface area contributed by atoms with Crippen LogP contribution in [-0.2, 0) is 18.4 Å². The van der Waals surface area contributed by atoms with E-state index < -0.39 is 11.7 Å². The van der Waals surface area contributed by atoms with Gasteiger partial charge in [0.05, 0.1) is 11.8 Å². The molecule has 2 N–H and O–H groups in total. The van der Waals surface area contributed by atoms with Gasteiger partial charge in [-0.05, 0) is 80.3 Å². The van der Waals surface area contributed by atoms with Crippen LogP contribution in [0.5, 0.6) is 5.75 Å². The minimum Gasteiger partial charge on any atom is -0.487 e. The molecule has 1 heterocycles. The highest BCUT2D eigenvalue weighted by molar-refractivity contribution is 5.44. The van der Waals surface area contributed by atoms with Gasteiger partial charge in [-0.2, -0.15) is 0 Å². The lowest BCUT2D eigenvalue weighted by atomic mass is 9.52. The minimum absolute atomic E-state index is 0.117. The Bertz CT molecular complexity index is 932. The van der Waals surface area contributed by atoms with Gasteiger partial charge in [0.1, 0.15) is 12.4 Å². The van der Waals surface area contributed by atoms with Crippen LogP contribution in [-0.4, -0.2) is 26.9 Å². The third-order valence-electron chi connectivity index (χ3n) is 6.91. The van der Waals surface area contributed by atoms with Crippen LogP contribution in [0, 0.1) is 17.8 Å². The van der Waals surface area contributed by atoms with Crippen LogP contribution in [0.3, 0.4) is 0 Å². The van der Waals surface area contributed by atoms with Gasteiger partial charge in [0, 0.05) is 11.6 Å². The predicted molar refractivity (Wildman–Crippen MR) is 112 cm³/mol. The van der Waals surface area contributed by atoms with Crippen molar-refractivity contribution in [1.82, 2.24) is 4.98 Å². The number of pyridine rings is 1. The second-order valence-electron chi connectivity index (χ2n) is 8.40. The summed E-state index contributed by atoms with van der Waals surface area (Å²) in [4.78, 5) is 4.31. The summed E-state index contributed by atoms with van der Waals surface area (Å²) in [6.45, 7) is 4.35. The zero-order chi connectivity index (χ0) is 20.5. The fourth-order valence-electron chi connectivity index (χ4n) is 5.39. The van der Waals surface area contributed by atoms with E-state index in [2.05, 4.69) is 35.9 Å². The van der Waals surface area contributed by atoms with Crippen molar-refractivity contribution in [2.45, 2.75) is 69.7 Å². The van der Waals surface area contributed by atoms with E-state index in [1.807, 2.05) is 24.3 Å². The number of rotatable bonds is 4. The molecule has 1 fully saturated rings. The van der Waals surface area contributed by atoms with Gasteiger partial charge in [0.15, 0.2) is 5.60 Å². The molecule has 0 saturated heterocycles. The number of benzene rings is 1. The molecular weight excluding hydrogens is 362 g/mol. The Kier molecular flexibility index (Phi) is 5.38. The molecule has 1 saturated carbocycles. The first-order valence-corrected chi connectivity index (χ1v) is 10.5. The van der Waals surface area contributed by atoms with Crippen molar-refractivity contribution in [3.05, 3.63) is 59.4 Å². The van der Waals surface area contributed by atoms with E-state index in [9.17, 15) is 10.2 Å². The van der Waals surface area contributed by atoms with Gasteiger partial charge < -0.3 is 14.9 Å². The molecule has 1 aromatic heterocycles. The van der Waals surface area contributed by atoms with Crippen molar-refractivity contribution >= 4 is 0 Å². The van der Waals surface area contributed by atoms with E-state index in [-0.39, 0.29) is 5.41 Å². The maximum Gasteiger partial charge on any atom is 0.151 e. The van der Waals surface area contributed by atoms with E-state index in [1.54, 1.807) is 13.1 Å². The van der Waals surface area contributed by atoms with Gasteiger partial charge in [-0.25, -0.2) is 0 Å². The van der Waals surface area contributed by atoms with E-state index >= 15 is 0 Å². The largest absolute Gasteiger partial charge is 0.487 e. The van der Waals surface area contributed by atoms with E-state index in [0.29, 0.717) is 25.4 Å². The van der Waals surface area contributed by atoms with Crippen LogP contribution in [0.4, 0.5) is 0 Å². The predicted octanol–water partition coefficient (Wildman–Crippen LogP) is 3.78. The number of aryl methyl sites for hydroxylation is 1. The van der Waals surface area contributed by atoms with Crippen molar-refractivity contribution in [1.29, 1.82) is 0 Å². The molecule has 0 amide bonds. The zero-order valence-corrected chi connectivity index (χ0v) is 17.2. The Balaban J connectivity index is 1.60.